The standard InChI is InChI=1S/C23H24N4O3/c1-16-11-17(2)13-18(12-16)27-22-21(14-25-27)23(28)26(15-24-22)9-4-10-30-20-7-5-19(29-3)6-8-20/h5-8,11-15H,4,9-10H2,1-3H3. The van der Waals surface area contributed by atoms with Gasteiger partial charge in [-0.1, -0.05) is 6.07 Å². The van der Waals surface area contributed by atoms with E-state index in [1.807, 2.05) is 50.2 Å². The lowest BCUT2D eigenvalue weighted by Crippen LogP contribution is -2.21. The van der Waals surface area contributed by atoms with Crippen molar-refractivity contribution in [1.29, 1.82) is 0 Å². The summed E-state index contributed by atoms with van der Waals surface area (Å²) in [6, 6.07) is 13.6. The van der Waals surface area contributed by atoms with Gasteiger partial charge < -0.3 is 9.47 Å². The van der Waals surface area contributed by atoms with Gasteiger partial charge >= 0.3 is 0 Å². The summed E-state index contributed by atoms with van der Waals surface area (Å²) in [5.74, 6) is 1.56. The van der Waals surface area contributed by atoms with E-state index in [1.54, 1.807) is 28.9 Å². The van der Waals surface area contributed by atoms with Crippen molar-refractivity contribution in [2.75, 3.05) is 13.7 Å². The van der Waals surface area contributed by atoms with Crippen LogP contribution in [0.25, 0.3) is 16.7 Å². The summed E-state index contributed by atoms with van der Waals surface area (Å²) in [6.07, 6.45) is 3.86. The molecule has 0 aliphatic rings. The van der Waals surface area contributed by atoms with E-state index in [0.29, 0.717) is 30.6 Å². The number of ether oxygens (including phenoxy) is 2. The predicted molar refractivity (Wildman–Crippen MR) is 116 cm³/mol. The average molecular weight is 404 g/mol. The highest BCUT2D eigenvalue weighted by molar-refractivity contribution is 5.75. The lowest BCUT2D eigenvalue weighted by molar-refractivity contribution is 0.300. The Morgan fingerprint density at radius 2 is 1.70 bits per heavy atom. The van der Waals surface area contributed by atoms with Gasteiger partial charge in [-0.2, -0.15) is 5.10 Å². The minimum atomic E-state index is -0.0972. The van der Waals surface area contributed by atoms with E-state index in [1.165, 1.54) is 0 Å². The molecule has 7 heteroatoms. The summed E-state index contributed by atoms with van der Waals surface area (Å²) in [7, 11) is 1.63. The third-order valence-electron chi connectivity index (χ3n) is 4.88. The number of hydrogen-bond acceptors (Lipinski definition) is 5. The molecule has 4 aromatic rings. The maximum Gasteiger partial charge on any atom is 0.264 e. The Kier molecular flexibility index (Phi) is 5.52. The summed E-state index contributed by atoms with van der Waals surface area (Å²) >= 11 is 0. The van der Waals surface area contributed by atoms with Gasteiger partial charge in [0, 0.05) is 6.54 Å². The molecule has 0 aliphatic carbocycles. The highest BCUT2D eigenvalue weighted by Crippen LogP contribution is 2.18. The maximum absolute atomic E-state index is 12.9. The molecular weight excluding hydrogens is 380 g/mol. The Hall–Kier alpha value is -3.61. The van der Waals surface area contributed by atoms with Crippen LogP contribution in [0.5, 0.6) is 11.5 Å². The molecule has 0 unspecified atom stereocenters. The predicted octanol–water partition coefficient (Wildman–Crippen LogP) is 3.68. The number of benzene rings is 2. The van der Waals surface area contributed by atoms with Crippen LogP contribution < -0.4 is 15.0 Å². The van der Waals surface area contributed by atoms with E-state index in [2.05, 4.69) is 16.1 Å². The van der Waals surface area contributed by atoms with Gasteiger partial charge in [-0.05, 0) is 67.8 Å². The Morgan fingerprint density at radius 3 is 2.40 bits per heavy atom. The molecule has 2 aromatic carbocycles. The average Bonchev–Trinajstić information content (AvgIpc) is 3.17. The number of fused-ring (bicyclic) bond motifs is 1. The molecule has 0 radical (unpaired) electrons. The number of nitrogens with zero attached hydrogens (tertiary/aromatic N) is 4. The van der Waals surface area contributed by atoms with E-state index in [9.17, 15) is 4.79 Å². The van der Waals surface area contributed by atoms with E-state index >= 15 is 0 Å². The van der Waals surface area contributed by atoms with E-state index in [-0.39, 0.29) is 5.56 Å². The summed E-state index contributed by atoms with van der Waals surface area (Å²) in [4.78, 5) is 17.4. The smallest absolute Gasteiger partial charge is 0.264 e. The number of methoxy groups -OCH3 is 1. The van der Waals surface area contributed by atoms with Crippen molar-refractivity contribution >= 4 is 11.0 Å². The van der Waals surface area contributed by atoms with E-state index in [0.717, 1.165) is 28.3 Å². The monoisotopic (exact) mass is 404 g/mol. The fourth-order valence-corrected chi connectivity index (χ4v) is 3.47. The SMILES string of the molecule is COc1ccc(OCCCn2cnc3c(cnn3-c3cc(C)cc(C)c3)c2=O)cc1. The van der Waals surface area contributed by atoms with E-state index < -0.39 is 0 Å². The molecule has 0 N–H and O–H groups in total. The lowest BCUT2D eigenvalue weighted by atomic mass is 10.1. The normalized spacial score (nSPS) is 11.0. The highest BCUT2D eigenvalue weighted by atomic mass is 16.5. The van der Waals surface area contributed by atoms with Gasteiger partial charge in [0.25, 0.3) is 5.56 Å². The minimum absolute atomic E-state index is 0.0972. The highest BCUT2D eigenvalue weighted by Gasteiger charge is 2.12. The van der Waals surface area contributed by atoms with Crippen molar-refractivity contribution in [1.82, 2.24) is 19.3 Å². The van der Waals surface area contributed by atoms with Crippen LogP contribution in [0.1, 0.15) is 17.5 Å². The molecule has 0 fully saturated rings. The quantitative estimate of drug-likeness (QED) is 0.440. The van der Waals surface area contributed by atoms with Crippen LogP contribution in [0.4, 0.5) is 0 Å². The van der Waals surface area contributed by atoms with Crippen LogP contribution >= 0.6 is 0 Å². The molecule has 2 aromatic heterocycles. The number of aryl methyl sites for hydroxylation is 3. The first kappa shape index (κ1) is 19.7. The first-order valence-electron chi connectivity index (χ1n) is 9.84. The van der Waals surface area contributed by atoms with E-state index in [4.69, 9.17) is 9.47 Å². The summed E-state index contributed by atoms with van der Waals surface area (Å²) < 4.78 is 14.2. The largest absolute Gasteiger partial charge is 0.497 e. The molecule has 0 atom stereocenters. The fourth-order valence-electron chi connectivity index (χ4n) is 3.47. The topological polar surface area (TPSA) is 71.2 Å². The van der Waals surface area contributed by atoms with Gasteiger partial charge in [-0.15, -0.1) is 0 Å². The molecular formula is C23H24N4O3. The molecule has 154 valence electrons. The van der Waals surface area contributed by atoms with Crippen LogP contribution in [0.15, 0.2) is 59.8 Å². The summed E-state index contributed by atoms with van der Waals surface area (Å²) in [5, 5.41) is 4.91. The van der Waals surface area contributed by atoms with Gasteiger partial charge in [-0.3, -0.25) is 9.36 Å². The van der Waals surface area contributed by atoms with Gasteiger partial charge in [0.05, 0.1) is 31.9 Å². The zero-order valence-electron chi connectivity index (χ0n) is 17.3. The van der Waals surface area contributed by atoms with Crippen molar-refractivity contribution in [3.8, 4) is 17.2 Å². The molecule has 0 saturated heterocycles. The molecule has 7 nitrogen and oxygen atoms in total. The number of hydrogen-bond donors (Lipinski definition) is 0. The van der Waals surface area contributed by atoms with Crippen molar-refractivity contribution in [3.63, 3.8) is 0 Å². The molecule has 0 aliphatic heterocycles. The second-order valence-corrected chi connectivity index (χ2v) is 7.26. The summed E-state index contributed by atoms with van der Waals surface area (Å²) in [5.41, 5.74) is 3.65. The third kappa shape index (κ3) is 4.05. The van der Waals surface area contributed by atoms with Gasteiger partial charge in [-0.25, -0.2) is 9.67 Å². The van der Waals surface area contributed by atoms with Crippen molar-refractivity contribution < 1.29 is 9.47 Å². The first-order valence-corrected chi connectivity index (χ1v) is 9.84. The van der Waals surface area contributed by atoms with Gasteiger partial charge in [0.1, 0.15) is 16.9 Å². The second-order valence-electron chi connectivity index (χ2n) is 7.26. The Balaban J connectivity index is 1.46. The Morgan fingerprint density at radius 1 is 1.00 bits per heavy atom. The van der Waals surface area contributed by atoms with Gasteiger partial charge in [0.15, 0.2) is 5.65 Å². The Bertz CT molecular complexity index is 1210. The minimum Gasteiger partial charge on any atom is -0.497 e. The second kappa shape index (κ2) is 8.41. The Labute approximate surface area is 174 Å². The van der Waals surface area contributed by atoms with Gasteiger partial charge in [0.2, 0.25) is 0 Å². The van der Waals surface area contributed by atoms with Crippen molar-refractivity contribution in [2.45, 2.75) is 26.8 Å². The fraction of sp³-hybridized carbons (Fsp3) is 0.261. The molecule has 4 rings (SSSR count). The first-order chi connectivity index (χ1) is 14.5. The molecule has 0 bridgehead atoms. The molecule has 0 spiro atoms. The van der Waals surface area contributed by atoms with Crippen LogP contribution in [-0.2, 0) is 6.54 Å². The lowest BCUT2D eigenvalue weighted by Gasteiger charge is -2.09. The molecule has 2 heterocycles. The van der Waals surface area contributed by atoms with Crippen LogP contribution in [-0.4, -0.2) is 33.0 Å². The number of rotatable bonds is 7. The molecule has 30 heavy (non-hydrogen) atoms. The van der Waals surface area contributed by atoms with Crippen molar-refractivity contribution in [2.24, 2.45) is 0 Å². The van der Waals surface area contributed by atoms with Crippen LogP contribution in [0, 0.1) is 13.8 Å². The maximum atomic E-state index is 12.9. The van der Waals surface area contributed by atoms with Crippen LogP contribution in [0.2, 0.25) is 0 Å². The zero-order valence-corrected chi connectivity index (χ0v) is 17.3. The number of aromatic nitrogens is 4. The molecule has 0 amide bonds. The molecule has 0 saturated carbocycles. The van der Waals surface area contributed by atoms with Crippen molar-refractivity contribution in [3.05, 3.63) is 76.5 Å². The third-order valence-corrected chi connectivity index (χ3v) is 4.88. The summed E-state index contributed by atoms with van der Waals surface area (Å²) in [6.45, 7) is 5.10. The zero-order chi connectivity index (χ0) is 21.1. The van der Waals surface area contributed by atoms with Crippen LogP contribution in [0.3, 0.4) is 0 Å².